The highest BCUT2D eigenvalue weighted by molar-refractivity contribution is 5.79. The summed E-state index contributed by atoms with van der Waals surface area (Å²) in [6.45, 7) is 6.86. The first-order valence-corrected chi connectivity index (χ1v) is 11.0. The van der Waals surface area contributed by atoms with Crippen LogP contribution in [0.4, 0.5) is 0 Å². The van der Waals surface area contributed by atoms with Crippen LogP contribution in [0, 0.1) is 11.8 Å². The van der Waals surface area contributed by atoms with Crippen molar-refractivity contribution < 1.29 is 23.9 Å². The van der Waals surface area contributed by atoms with Gasteiger partial charge in [-0.25, -0.2) is 0 Å². The van der Waals surface area contributed by atoms with Crippen molar-refractivity contribution in [3.63, 3.8) is 0 Å². The lowest BCUT2D eigenvalue weighted by molar-refractivity contribution is -0.144. The number of aldehydes is 1. The lowest BCUT2D eigenvalue weighted by Gasteiger charge is -2.39. The molecule has 1 fully saturated rings. The van der Waals surface area contributed by atoms with Crippen molar-refractivity contribution in [2.45, 2.75) is 70.7 Å². The van der Waals surface area contributed by atoms with Crippen LogP contribution in [-0.4, -0.2) is 93.6 Å². The molecule has 1 aliphatic heterocycles. The normalized spacial score (nSPS) is 21.6. The lowest BCUT2D eigenvalue weighted by atomic mass is 9.90. The minimum Gasteiger partial charge on any atom is -0.379 e. The third-order valence-corrected chi connectivity index (χ3v) is 6.46. The van der Waals surface area contributed by atoms with Gasteiger partial charge in [0.15, 0.2) is 0 Å². The van der Waals surface area contributed by atoms with E-state index in [0.717, 1.165) is 25.5 Å². The fourth-order valence-corrected chi connectivity index (χ4v) is 4.56. The van der Waals surface area contributed by atoms with E-state index in [-0.39, 0.29) is 54.8 Å². The number of hydrogen-bond donors (Lipinski definition) is 1. The quantitative estimate of drug-likeness (QED) is 0.446. The second-order valence-electron chi connectivity index (χ2n) is 8.38. The average molecular weight is 428 g/mol. The molecular formula is C22H41N3O5. The van der Waals surface area contributed by atoms with Crippen LogP contribution in [0.3, 0.4) is 0 Å². The van der Waals surface area contributed by atoms with E-state index in [9.17, 15) is 14.4 Å². The van der Waals surface area contributed by atoms with E-state index in [1.807, 2.05) is 11.8 Å². The maximum atomic E-state index is 13.3. The molecule has 0 spiro atoms. The fourth-order valence-electron chi connectivity index (χ4n) is 4.56. The third kappa shape index (κ3) is 6.49. The van der Waals surface area contributed by atoms with Crippen LogP contribution in [0.1, 0.15) is 46.5 Å². The number of amides is 2. The fraction of sp³-hybridized carbons (Fsp3) is 0.864. The van der Waals surface area contributed by atoms with Crippen LogP contribution in [0.5, 0.6) is 0 Å². The van der Waals surface area contributed by atoms with Gasteiger partial charge in [-0.05, 0) is 25.8 Å². The zero-order valence-electron chi connectivity index (χ0n) is 19.7. The van der Waals surface area contributed by atoms with Gasteiger partial charge in [-0.2, -0.15) is 0 Å². The Hall–Kier alpha value is -1.51. The van der Waals surface area contributed by atoms with Gasteiger partial charge >= 0.3 is 0 Å². The molecule has 0 bridgehead atoms. The van der Waals surface area contributed by atoms with Gasteiger partial charge in [0, 0.05) is 33.7 Å². The number of likely N-dealkylation sites (N-methyl/N-ethyl adjacent to an activating group) is 2. The third-order valence-electron chi connectivity index (χ3n) is 6.46. The maximum absolute atomic E-state index is 13.3. The van der Waals surface area contributed by atoms with Crippen molar-refractivity contribution in [3.05, 3.63) is 0 Å². The summed E-state index contributed by atoms with van der Waals surface area (Å²) in [5.41, 5.74) is 0. The molecule has 1 rings (SSSR count). The molecule has 0 aromatic carbocycles. The highest BCUT2D eigenvalue weighted by atomic mass is 16.5. The van der Waals surface area contributed by atoms with Crippen molar-refractivity contribution in [1.29, 1.82) is 0 Å². The Morgan fingerprint density at radius 2 is 1.93 bits per heavy atom. The van der Waals surface area contributed by atoms with Gasteiger partial charge in [0.25, 0.3) is 0 Å². The summed E-state index contributed by atoms with van der Waals surface area (Å²) < 4.78 is 11.3. The lowest BCUT2D eigenvalue weighted by Crippen LogP contribution is -2.53. The van der Waals surface area contributed by atoms with Crippen molar-refractivity contribution in [3.8, 4) is 0 Å². The summed E-state index contributed by atoms with van der Waals surface area (Å²) in [6.07, 6.45) is 2.90. The summed E-state index contributed by atoms with van der Waals surface area (Å²) in [7, 11) is 6.70. The topological polar surface area (TPSA) is 88.2 Å². The zero-order valence-corrected chi connectivity index (χ0v) is 19.7. The summed E-state index contributed by atoms with van der Waals surface area (Å²) in [6, 6.07) is -0.330. The average Bonchev–Trinajstić information content (AvgIpc) is 3.22. The smallest absolute Gasteiger partial charge is 0.236 e. The van der Waals surface area contributed by atoms with E-state index in [1.54, 1.807) is 33.2 Å². The first-order chi connectivity index (χ1) is 14.3. The Bertz CT molecular complexity index is 559. The van der Waals surface area contributed by atoms with Crippen LogP contribution in [0.25, 0.3) is 0 Å². The van der Waals surface area contributed by atoms with Gasteiger partial charge in [-0.1, -0.05) is 27.2 Å². The molecule has 1 saturated heterocycles. The van der Waals surface area contributed by atoms with Crippen LogP contribution in [0.2, 0.25) is 0 Å². The molecule has 1 aliphatic rings. The number of carbonyl (C=O) groups is 3. The van der Waals surface area contributed by atoms with Gasteiger partial charge in [-0.15, -0.1) is 0 Å². The molecule has 8 heteroatoms. The first-order valence-electron chi connectivity index (χ1n) is 11.0. The molecule has 0 aromatic rings. The predicted octanol–water partition coefficient (Wildman–Crippen LogP) is 1.33. The summed E-state index contributed by atoms with van der Waals surface area (Å²) in [4.78, 5) is 40.6. The Balaban J connectivity index is 3.02. The molecule has 0 saturated carbocycles. The minimum absolute atomic E-state index is 0.0210. The van der Waals surface area contributed by atoms with Crippen LogP contribution in [0.15, 0.2) is 0 Å². The number of carbonyl (C=O) groups excluding carboxylic acids is 3. The van der Waals surface area contributed by atoms with Crippen LogP contribution < -0.4 is 5.32 Å². The van der Waals surface area contributed by atoms with Gasteiger partial charge in [0.1, 0.15) is 6.29 Å². The predicted molar refractivity (Wildman–Crippen MR) is 116 cm³/mol. The van der Waals surface area contributed by atoms with E-state index in [1.165, 1.54) is 0 Å². The van der Waals surface area contributed by atoms with Crippen LogP contribution >= 0.6 is 0 Å². The molecule has 1 N–H and O–H groups in total. The number of rotatable bonds is 13. The molecule has 0 aliphatic carbocycles. The Morgan fingerprint density at radius 1 is 1.27 bits per heavy atom. The number of ether oxygens (including phenoxy) is 2. The highest BCUT2D eigenvalue weighted by Gasteiger charge is 2.40. The molecule has 0 aromatic heterocycles. The Morgan fingerprint density at radius 3 is 2.43 bits per heavy atom. The second-order valence-corrected chi connectivity index (χ2v) is 8.38. The van der Waals surface area contributed by atoms with E-state index in [0.29, 0.717) is 6.54 Å². The van der Waals surface area contributed by atoms with Crippen molar-refractivity contribution in [2.75, 3.05) is 41.4 Å². The van der Waals surface area contributed by atoms with Crippen molar-refractivity contribution in [2.24, 2.45) is 11.8 Å². The Kier molecular flexibility index (Phi) is 11.5. The SMILES string of the molecule is CCC(C)C(C(CC(=O)N1CCCC1[C@H](OC)C(C)C=O)OC)N(C)C(=O)CNC. The van der Waals surface area contributed by atoms with Crippen LogP contribution in [-0.2, 0) is 23.9 Å². The molecule has 6 atom stereocenters. The summed E-state index contributed by atoms with van der Waals surface area (Å²) >= 11 is 0. The molecule has 8 nitrogen and oxygen atoms in total. The molecule has 2 amide bonds. The molecular weight excluding hydrogens is 386 g/mol. The number of hydrogen-bond acceptors (Lipinski definition) is 6. The molecule has 174 valence electrons. The van der Waals surface area contributed by atoms with Crippen molar-refractivity contribution >= 4 is 18.1 Å². The van der Waals surface area contributed by atoms with Gasteiger partial charge < -0.3 is 29.4 Å². The van der Waals surface area contributed by atoms with Gasteiger partial charge in [0.05, 0.1) is 37.3 Å². The zero-order chi connectivity index (χ0) is 22.8. The highest BCUT2D eigenvalue weighted by Crippen LogP contribution is 2.28. The largest absolute Gasteiger partial charge is 0.379 e. The molecule has 5 unspecified atom stereocenters. The number of nitrogens with zero attached hydrogens (tertiary/aromatic N) is 2. The Labute approximate surface area is 181 Å². The van der Waals surface area contributed by atoms with E-state index >= 15 is 0 Å². The monoisotopic (exact) mass is 427 g/mol. The number of methoxy groups -OCH3 is 2. The summed E-state index contributed by atoms with van der Waals surface area (Å²) in [5.74, 6) is -0.169. The standard InChI is InChI=1S/C22H41N3O5/c1-8-15(2)21(24(5)20(28)13-23-4)18(29-6)12-19(27)25-11-9-10-17(25)22(30-7)16(3)14-26/h14-18,21-23H,8-13H2,1-7H3/t15?,16?,17?,18?,21?,22-/m1/s1. The molecule has 0 radical (unpaired) electrons. The minimum atomic E-state index is -0.413. The van der Waals surface area contributed by atoms with Gasteiger partial charge in [-0.3, -0.25) is 9.59 Å². The number of nitrogens with one attached hydrogen (secondary N) is 1. The molecule has 1 heterocycles. The van der Waals surface area contributed by atoms with Gasteiger partial charge in [0.2, 0.25) is 11.8 Å². The van der Waals surface area contributed by atoms with E-state index < -0.39 is 6.10 Å². The van der Waals surface area contributed by atoms with E-state index in [4.69, 9.17) is 9.47 Å². The summed E-state index contributed by atoms with van der Waals surface area (Å²) in [5, 5.41) is 2.89. The first kappa shape index (κ1) is 26.5. The number of likely N-dealkylation sites (tertiary alicyclic amines) is 1. The van der Waals surface area contributed by atoms with Crippen molar-refractivity contribution in [1.82, 2.24) is 15.1 Å². The molecule has 30 heavy (non-hydrogen) atoms. The second kappa shape index (κ2) is 13.0. The van der Waals surface area contributed by atoms with E-state index in [2.05, 4.69) is 19.2 Å². The maximum Gasteiger partial charge on any atom is 0.236 e.